The summed E-state index contributed by atoms with van der Waals surface area (Å²) < 4.78 is 0. The summed E-state index contributed by atoms with van der Waals surface area (Å²) in [5, 5.41) is 33.4. The summed E-state index contributed by atoms with van der Waals surface area (Å²) in [7, 11) is 0. The summed E-state index contributed by atoms with van der Waals surface area (Å²) in [6.07, 6.45) is 9.79. The molecule has 2 aliphatic heterocycles. The molecular weight excluding hydrogens is 446 g/mol. The predicted molar refractivity (Wildman–Crippen MR) is 136 cm³/mol. The molecule has 0 aromatic rings. The van der Waals surface area contributed by atoms with Crippen LogP contribution in [0.4, 0.5) is 0 Å². The van der Waals surface area contributed by atoms with E-state index in [2.05, 4.69) is 43.9 Å². The summed E-state index contributed by atoms with van der Waals surface area (Å²) in [6, 6.07) is 0.519. The Morgan fingerprint density at radius 3 is 2.69 bits per heavy atom. The Morgan fingerprint density at radius 1 is 1.09 bits per heavy atom. The molecule has 4 aliphatic rings. The summed E-state index contributed by atoms with van der Waals surface area (Å²) in [4.78, 5) is 15.4. The van der Waals surface area contributed by atoms with Gasteiger partial charge < -0.3 is 26.2 Å². The second-order valence-electron chi connectivity index (χ2n) is 11.3. The zero-order valence-corrected chi connectivity index (χ0v) is 21.5. The number of amides is 1. The highest BCUT2D eigenvalue weighted by molar-refractivity contribution is 5.79. The molecule has 0 bridgehead atoms. The van der Waals surface area contributed by atoms with Crippen LogP contribution in [0.2, 0.25) is 0 Å². The van der Waals surface area contributed by atoms with E-state index in [0.717, 1.165) is 64.7 Å². The van der Waals surface area contributed by atoms with Gasteiger partial charge in [0.2, 0.25) is 5.91 Å². The van der Waals surface area contributed by atoms with E-state index in [4.69, 9.17) is 0 Å². The van der Waals surface area contributed by atoms with Crippen LogP contribution in [0.15, 0.2) is 0 Å². The number of hydrogen-bond acceptors (Lipinski definition) is 9. The van der Waals surface area contributed by atoms with Gasteiger partial charge in [-0.15, -0.1) is 0 Å². The number of aliphatic hydroxyl groups excluding tert-OH is 2. The molecule has 2 heterocycles. The molecule has 35 heavy (non-hydrogen) atoms. The number of nitrogens with one attached hydrogen (secondary N) is 6. The Kier molecular flexibility index (Phi) is 10.6. The number of nitrogens with zero attached hydrogens (tertiary/aromatic N) is 1. The van der Waals surface area contributed by atoms with Gasteiger partial charge in [-0.25, -0.2) is 10.9 Å². The third-order valence-corrected chi connectivity index (χ3v) is 8.73. The van der Waals surface area contributed by atoms with Gasteiger partial charge in [0.05, 0.1) is 31.6 Å². The van der Waals surface area contributed by atoms with Crippen LogP contribution < -0.4 is 32.1 Å². The van der Waals surface area contributed by atoms with E-state index >= 15 is 0 Å². The molecule has 2 saturated heterocycles. The van der Waals surface area contributed by atoms with Gasteiger partial charge >= 0.3 is 0 Å². The Hall–Kier alpha value is -0.850. The highest BCUT2D eigenvalue weighted by Gasteiger charge is 2.38. The molecule has 8 atom stereocenters. The van der Waals surface area contributed by atoms with E-state index in [1.165, 1.54) is 12.8 Å². The number of hydrogen-bond donors (Lipinski definition) is 8. The van der Waals surface area contributed by atoms with Gasteiger partial charge in [-0.3, -0.25) is 15.0 Å². The molecule has 0 spiro atoms. The first kappa shape index (κ1) is 27.2. The third-order valence-electron chi connectivity index (χ3n) is 8.73. The molecule has 4 rings (SSSR count). The van der Waals surface area contributed by atoms with Crippen molar-refractivity contribution in [1.29, 1.82) is 0 Å². The first-order valence-corrected chi connectivity index (χ1v) is 14.1. The van der Waals surface area contributed by atoms with Gasteiger partial charge in [-0.05, 0) is 56.9 Å². The second kappa shape index (κ2) is 13.6. The van der Waals surface area contributed by atoms with Crippen LogP contribution in [0.3, 0.4) is 0 Å². The van der Waals surface area contributed by atoms with E-state index in [9.17, 15) is 15.0 Å². The minimum Gasteiger partial charge on any atom is -0.395 e. The highest BCUT2D eigenvalue weighted by Crippen LogP contribution is 2.31. The number of aliphatic hydroxyl groups is 2. The van der Waals surface area contributed by atoms with E-state index in [0.29, 0.717) is 30.5 Å². The molecule has 0 aromatic carbocycles. The number of rotatable bonds is 10. The number of carbonyl (C=O) groups excluding carboxylic acids is 1. The molecule has 7 unspecified atom stereocenters. The van der Waals surface area contributed by atoms with Crippen molar-refractivity contribution < 1.29 is 15.0 Å². The van der Waals surface area contributed by atoms with E-state index < -0.39 is 0 Å². The maximum absolute atomic E-state index is 13.1. The Morgan fingerprint density at radius 2 is 1.94 bits per heavy atom. The van der Waals surface area contributed by atoms with Gasteiger partial charge in [-0.1, -0.05) is 26.2 Å². The molecule has 10 nitrogen and oxygen atoms in total. The minimum atomic E-state index is -0.111. The molecule has 10 heteroatoms. The zero-order valence-electron chi connectivity index (χ0n) is 21.5. The predicted octanol–water partition coefficient (Wildman–Crippen LogP) is -0.598. The smallest absolute Gasteiger partial charge is 0.223 e. The van der Waals surface area contributed by atoms with Crippen molar-refractivity contribution in [3.63, 3.8) is 0 Å². The van der Waals surface area contributed by atoms with Gasteiger partial charge in [-0.2, -0.15) is 0 Å². The molecule has 1 amide bonds. The molecule has 0 radical (unpaired) electrons. The number of β-amino-alcohol motifs (C(OH)–C–C–N with tert-alkyl or cyclic N) is 1. The lowest BCUT2D eigenvalue weighted by Crippen LogP contribution is -2.59. The monoisotopic (exact) mass is 495 g/mol. The standard InChI is InChI=1S/C25H49N7O3/c1-17-4-2-5-18(12-17)22(15-34)29-25(35)19-6-3-7-20(13-19)27-14-23-30-31-24(32(23)10-11-33)21-8-9-26-16-28-21/h17-24,26-28,30-31,33-34H,2-16H2,1H3,(H,29,35)/t17?,18?,19?,20?,21?,22-,23?,24?/m1/s1. The molecule has 0 aromatic heterocycles. The Balaban J connectivity index is 1.25. The fourth-order valence-corrected chi connectivity index (χ4v) is 6.72. The lowest BCUT2D eigenvalue weighted by atomic mass is 9.78. The molecular formula is C25H49N7O3. The molecule has 8 N–H and O–H groups in total. The van der Waals surface area contributed by atoms with Crippen LogP contribution in [0.25, 0.3) is 0 Å². The van der Waals surface area contributed by atoms with Crippen molar-refractivity contribution >= 4 is 5.91 Å². The number of carbonyl (C=O) groups is 1. The normalized spacial score (nSPS) is 37.7. The third kappa shape index (κ3) is 7.35. The number of hydrazine groups is 1. The zero-order chi connectivity index (χ0) is 24.6. The summed E-state index contributed by atoms with van der Waals surface area (Å²) in [6.45, 7) is 5.61. The minimum absolute atomic E-state index is 0.00575. The van der Waals surface area contributed by atoms with E-state index in [-0.39, 0.29) is 43.4 Å². The van der Waals surface area contributed by atoms with Crippen molar-refractivity contribution in [1.82, 2.24) is 37.0 Å². The molecule has 202 valence electrons. The maximum Gasteiger partial charge on any atom is 0.223 e. The molecule has 4 fully saturated rings. The van der Waals surface area contributed by atoms with Crippen LogP contribution in [-0.2, 0) is 4.79 Å². The van der Waals surface area contributed by atoms with Crippen molar-refractivity contribution in [2.24, 2.45) is 17.8 Å². The first-order chi connectivity index (χ1) is 17.1. The summed E-state index contributed by atoms with van der Waals surface area (Å²) in [5.74, 6) is 1.20. The van der Waals surface area contributed by atoms with E-state index in [1.54, 1.807) is 0 Å². The van der Waals surface area contributed by atoms with Gasteiger partial charge in [0.15, 0.2) is 0 Å². The largest absolute Gasteiger partial charge is 0.395 e. The average molecular weight is 496 g/mol. The first-order valence-electron chi connectivity index (χ1n) is 14.1. The SMILES string of the molecule is CC1CCCC([C@@H](CO)NC(=O)C2CCCC(NCC3NNC(C4CCNCN4)N3CCO)C2)C1. The fraction of sp³-hybridized carbons (Fsp3) is 0.960. The molecule has 2 aliphatic carbocycles. The lowest BCUT2D eigenvalue weighted by molar-refractivity contribution is -0.127. The van der Waals surface area contributed by atoms with Crippen molar-refractivity contribution in [2.45, 2.75) is 95.2 Å². The van der Waals surface area contributed by atoms with Crippen LogP contribution in [0, 0.1) is 17.8 Å². The fourth-order valence-electron chi connectivity index (χ4n) is 6.72. The van der Waals surface area contributed by atoms with Gasteiger partial charge in [0, 0.05) is 37.8 Å². The Bertz CT molecular complexity index is 651. The quantitative estimate of drug-likeness (QED) is 0.200. The second-order valence-corrected chi connectivity index (χ2v) is 11.3. The topological polar surface area (TPSA) is 133 Å². The van der Waals surface area contributed by atoms with Crippen LogP contribution >= 0.6 is 0 Å². The van der Waals surface area contributed by atoms with Gasteiger partial charge in [0.1, 0.15) is 0 Å². The lowest BCUT2D eigenvalue weighted by Gasteiger charge is -2.36. The highest BCUT2D eigenvalue weighted by atomic mass is 16.3. The summed E-state index contributed by atoms with van der Waals surface area (Å²) >= 11 is 0. The van der Waals surface area contributed by atoms with Crippen LogP contribution in [0.1, 0.15) is 64.7 Å². The van der Waals surface area contributed by atoms with Crippen molar-refractivity contribution in [2.75, 3.05) is 39.5 Å². The maximum atomic E-state index is 13.1. The van der Waals surface area contributed by atoms with Crippen LogP contribution in [0.5, 0.6) is 0 Å². The Labute approximate surface area is 210 Å². The summed E-state index contributed by atoms with van der Waals surface area (Å²) in [5.41, 5.74) is 6.86. The van der Waals surface area contributed by atoms with E-state index in [1.807, 2.05) is 0 Å². The molecule has 2 saturated carbocycles. The average Bonchev–Trinajstić information content (AvgIpc) is 3.29. The van der Waals surface area contributed by atoms with Crippen molar-refractivity contribution in [3.05, 3.63) is 0 Å². The van der Waals surface area contributed by atoms with Crippen LogP contribution in [-0.4, -0.2) is 91.0 Å². The van der Waals surface area contributed by atoms with Crippen molar-refractivity contribution in [3.8, 4) is 0 Å². The van der Waals surface area contributed by atoms with Gasteiger partial charge in [0.25, 0.3) is 0 Å².